The monoisotopic (exact) mass is 398 g/mol. The number of aromatic amines is 1. The molecule has 8 heteroatoms. The lowest BCUT2D eigenvalue weighted by atomic mass is 9.96. The van der Waals surface area contributed by atoms with E-state index in [1.807, 2.05) is 36.4 Å². The fraction of sp³-hybridized carbons (Fsp3) is 0.250. The van der Waals surface area contributed by atoms with Crippen LogP contribution in [0.15, 0.2) is 54.9 Å². The lowest BCUT2D eigenvalue weighted by molar-refractivity contribution is -0.0810. The molecule has 7 nitrogen and oxygen atoms in total. The second kappa shape index (κ2) is 8.10. The van der Waals surface area contributed by atoms with E-state index in [1.54, 1.807) is 17.0 Å². The van der Waals surface area contributed by atoms with Gasteiger partial charge in [0.05, 0.1) is 24.8 Å². The zero-order chi connectivity index (χ0) is 19.5. The summed E-state index contributed by atoms with van der Waals surface area (Å²) in [6.45, 7) is 0.502. The van der Waals surface area contributed by atoms with Gasteiger partial charge in [-0.2, -0.15) is 5.10 Å². The zero-order valence-electron chi connectivity index (χ0n) is 15.0. The first kappa shape index (κ1) is 18.6. The fourth-order valence-corrected chi connectivity index (χ4v) is 3.81. The average Bonchev–Trinajstić information content (AvgIpc) is 3.28. The molecule has 1 saturated heterocycles. The van der Waals surface area contributed by atoms with Gasteiger partial charge in [0.1, 0.15) is 12.4 Å². The molecule has 0 saturated carbocycles. The predicted molar refractivity (Wildman–Crippen MR) is 104 cm³/mol. The lowest BCUT2D eigenvalue weighted by Gasteiger charge is -2.41. The number of rotatable bonds is 4. The standard InChI is InChI=1S/C20H19ClN4O3/c21-16-8-4-3-7-15(16)18-17(11-26)28-10-9-25(18)20(27)14-6-2-1-5-13(14)19-22-12-23-24-19/h1-8,12,17-18,26H,9-11H2,(H,22,23,24)/t17-,18-/m0/s1. The van der Waals surface area contributed by atoms with Crippen molar-refractivity contribution < 1.29 is 14.6 Å². The molecule has 28 heavy (non-hydrogen) atoms. The Balaban J connectivity index is 1.77. The molecule has 1 amide bonds. The third-order valence-electron chi connectivity index (χ3n) is 4.84. The molecular formula is C20H19ClN4O3. The van der Waals surface area contributed by atoms with Crippen molar-refractivity contribution in [3.05, 3.63) is 71.0 Å². The molecule has 1 aliphatic heterocycles. The number of hydrogen-bond acceptors (Lipinski definition) is 5. The molecule has 0 unspecified atom stereocenters. The number of morpholine rings is 1. The number of nitrogens with one attached hydrogen (secondary N) is 1. The number of benzene rings is 2. The largest absolute Gasteiger partial charge is 0.394 e. The number of aromatic nitrogens is 3. The van der Waals surface area contributed by atoms with E-state index in [-0.39, 0.29) is 12.5 Å². The van der Waals surface area contributed by atoms with Crippen molar-refractivity contribution in [2.75, 3.05) is 19.8 Å². The number of aliphatic hydroxyl groups is 1. The highest BCUT2D eigenvalue weighted by Gasteiger charge is 2.38. The van der Waals surface area contributed by atoms with Crippen LogP contribution in [-0.4, -0.2) is 57.0 Å². The van der Waals surface area contributed by atoms with Crippen molar-refractivity contribution in [1.29, 1.82) is 0 Å². The molecule has 0 spiro atoms. The Kier molecular flexibility index (Phi) is 5.38. The van der Waals surface area contributed by atoms with Gasteiger partial charge in [-0.15, -0.1) is 0 Å². The van der Waals surface area contributed by atoms with Crippen molar-refractivity contribution in [2.24, 2.45) is 0 Å². The number of halogens is 1. The summed E-state index contributed by atoms with van der Waals surface area (Å²) in [5.74, 6) is 0.337. The summed E-state index contributed by atoms with van der Waals surface area (Å²) < 4.78 is 5.74. The third kappa shape index (κ3) is 3.40. The highest BCUT2D eigenvalue weighted by Crippen LogP contribution is 2.35. The summed E-state index contributed by atoms with van der Waals surface area (Å²) in [4.78, 5) is 19.4. The highest BCUT2D eigenvalue weighted by molar-refractivity contribution is 6.31. The van der Waals surface area contributed by atoms with Crippen LogP contribution in [0.4, 0.5) is 0 Å². The van der Waals surface area contributed by atoms with Crippen LogP contribution in [0.3, 0.4) is 0 Å². The molecule has 0 aliphatic carbocycles. The number of nitrogens with zero attached hydrogens (tertiary/aromatic N) is 3. The van der Waals surface area contributed by atoms with E-state index in [9.17, 15) is 9.90 Å². The van der Waals surface area contributed by atoms with Gasteiger partial charge in [-0.05, 0) is 17.7 Å². The van der Waals surface area contributed by atoms with Gasteiger partial charge in [-0.1, -0.05) is 48.0 Å². The van der Waals surface area contributed by atoms with Crippen molar-refractivity contribution in [3.63, 3.8) is 0 Å². The molecule has 4 rings (SSSR count). The van der Waals surface area contributed by atoms with E-state index in [2.05, 4.69) is 15.2 Å². The van der Waals surface area contributed by atoms with Crippen LogP contribution in [-0.2, 0) is 4.74 Å². The van der Waals surface area contributed by atoms with Crippen LogP contribution in [0.25, 0.3) is 11.4 Å². The molecule has 1 aliphatic rings. The molecule has 2 N–H and O–H groups in total. The normalized spacial score (nSPS) is 19.6. The number of H-pyrrole nitrogens is 1. The summed E-state index contributed by atoms with van der Waals surface area (Å²) in [6.07, 6.45) is 0.842. The van der Waals surface area contributed by atoms with Crippen molar-refractivity contribution >= 4 is 17.5 Å². The number of hydrogen-bond donors (Lipinski definition) is 2. The second-order valence-electron chi connectivity index (χ2n) is 6.44. The second-order valence-corrected chi connectivity index (χ2v) is 6.84. The molecule has 2 aromatic carbocycles. The van der Waals surface area contributed by atoms with Crippen LogP contribution in [0.2, 0.25) is 5.02 Å². The van der Waals surface area contributed by atoms with E-state index < -0.39 is 12.1 Å². The molecule has 3 aromatic rings. The van der Waals surface area contributed by atoms with E-state index in [0.29, 0.717) is 35.1 Å². The maximum Gasteiger partial charge on any atom is 0.255 e. The van der Waals surface area contributed by atoms with Crippen molar-refractivity contribution in [1.82, 2.24) is 20.1 Å². The molecule has 2 heterocycles. The quantitative estimate of drug-likeness (QED) is 0.705. The van der Waals surface area contributed by atoms with Crippen LogP contribution >= 0.6 is 11.6 Å². The van der Waals surface area contributed by atoms with E-state index in [1.165, 1.54) is 6.33 Å². The van der Waals surface area contributed by atoms with Crippen LogP contribution < -0.4 is 0 Å². The topological polar surface area (TPSA) is 91.3 Å². The van der Waals surface area contributed by atoms with Gasteiger partial charge >= 0.3 is 0 Å². The number of ether oxygens (including phenoxy) is 1. The molecule has 0 bridgehead atoms. The third-order valence-corrected chi connectivity index (χ3v) is 5.19. The summed E-state index contributed by atoms with van der Waals surface area (Å²) in [5.41, 5.74) is 1.90. The first-order valence-electron chi connectivity index (χ1n) is 8.93. The summed E-state index contributed by atoms with van der Waals surface area (Å²) in [7, 11) is 0. The molecule has 2 atom stereocenters. The van der Waals surface area contributed by atoms with Crippen molar-refractivity contribution in [3.8, 4) is 11.4 Å². The Hall–Kier alpha value is -2.74. The molecule has 1 aromatic heterocycles. The van der Waals surface area contributed by atoms with Crippen molar-refractivity contribution in [2.45, 2.75) is 12.1 Å². The van der Waals surface area contributed by atoms with Gasteiger partial charge in [-0.25, -0.2) is 4.98 Å². The zero-order valence-corrected chi connectivity index (χ0v) is 15.7. The minimum absolute atomic E-state index is 0.182. The smallest absolute Gasteiger partial charge is 0.255 e. The van der Waals surface area contributed by atoms with Crippen LogP contribution in [0, 0.1) is 0 Å². The molecular weight excluding hydrogens is 380 g/mol. The first-order valence-corrected chi connectivity index (χ1v) is 9.31. The van der Waals surface area contributed by atoms with Gasteiger partial charge in [0, 0.05) is 17.1 Å². The van der Waals surface area contributed by atoms with E-state index in [4.69, 9.17) is 16.3 Å². The predicted octanol–water partition coefficient (Wildman–Crippen LogP) is 2.70. The minimum atomic E-state index is -0.560. The molecule has 144 valence electrons. The highest BCUT2D eigenvalue weighted by atomic mass is 35.5. The maximum absolute atomic E-state index is 13.6. The van der Waals surface area contributed by atoms with Crippen LogP contribution in [0.1, 0.15) is 22.0 Å². The first-order chi connectivity index (χ1) is 13.7. The van der Waals surface area contributed by atoms with Gasteiger partial charge in [0.15, 0.2) is 5.82 Å². The van der Waals surface area contributed by atoms with Crippen LogP contribution in [0.5, 0.6) is 0 Å². The number of carbonyl (C=O) groups is 1. The van der Waals surface area contributed by atoms with Gasteiger partial charge in [0.25, 0.3) is 5.91 Å². The molecule has 0 radical (unpaired) electrons. The lowest BCUT2D eigenvalue weighted by Crippen LogP contribution is -2.49. The maximum atomic E-state index is 13.6. The summed E-state index contributed by atoms with van der Waals surface area (Å²) in [6, 6.07) is 14.0. The minimum Gasteiger partial charge on any atom is -0.394 e. The Morgan fingerprint density at radius 2 is 2.04 bits per heavy atom. The Morgan fingerprint density at radius 3 is 2.79 bits per heavy atom. The average molecular weight is 399 g/mol. The molecule has 1 fully saturated rings. The fourth-order valence-electron chi connectivity index (χ4n) is 3.56. The SMILES string of the molecule is O=C(c1ccccc1-c1ncn[nH]1)N1CCO[C@@H](CO)[C@@H]1c1ccccc1Cl. The Bertz CT molecular complexity index is 964. The van der Waals surface area contributed by atoms with E-state index in [0.717, 1.165) is 5.56 Å². The van der Waals surface area contributed by atoms with E-state index >= 15 is 0 Å². The number of carbonyl (C=O) groups excluding carboxylic acids is 1. The summed E-state index contributed by atoms with van der Waals surface area (Å²) >= 11 is 6.41. The summed E-state index contributed by atoms with van der Waals surface area (Å²) in [5, 5.41) is 17.1. The Morgan fingerprint density at radius 1 is 1.25 bits per heavy atom. The van der Waals surface area contributed by atoms with Gasteiger partial charge in [0.2, 0.25) is 0 Å². The number of amides is 1. The van der Waals surface area contributed by atoms with Gasteiger partial charge in [-0.3, -0.25) is 9.89 Å². The Labute approximate surface area is 166 Å². The van der Waals surface area contributed by atoms with Gasteiger partial charge < -0.3 is 14.7 Å². The number of aliphatic hydroxyl groups excluding tert-OH is 1.